The zero-order valence-corrected chi connectivity index (χ0v) is 7.33. The zero-order chi connectivity index (χ0) is 9.26. The molecule has 0 aromatic carbocycles. The van der Waals surface area contributed by atoms with Crippen LogP contribution in [0.25, 0.3) is 0 Å². The van der Waals surface area contributed by atoms with E-state index < -0.39 is 0 Å². The van der Waals surface area contributed by atoms with Gasteiger partial charge in [0.05, 0.1) is 0 Å². The largest absolute Gasteiger partial charge is 0.480 e. The molecule has 1 N–H and O–H groups in total. The fourth-order valence-electron chi connectivity index (χ4n) is 1.19. The lowest BCUT2D eigenvalue weighted by Gasteiger charge is -2.16. The van der Waals surface area contributed by atoms with E-state index in [2.05, 4.69) is 10.3 Å². The van der Waals surface area contributed by atoms with Crippen molar-refractivity contribution >= 4 is 11.7 Å². The number of aryl methyl sites for hydroxylation is 1. The van der Waals surface area contributed by atoms with Gasteiger partial charge < -0.3 is 10.1 Å². The topological polar surface area (TPSA) is 51.2 Å². The van der Waals surface area contributed by atoms with E-state index >= 15 is 0 Å². The van der Waals surface area contributed by atoms with E-state index in [0.29, 0.717) is 11.6 Å². The monoisotopic (exact) mass is 178 g/mol. The molecule has 2 rings (SSSR count). The number of ether oxygens (including phenoxy) is 1. The molecule has 2 heterocycles. The summed E-state index contributed by atoms with van der Waals surface area (Å²) in [6, 6.07) is 1.90. The van der Waals surface area contributed by atoms with Crippen LogP contribution in [0.4, 0.5) is 5.82 Å². The molecular formula is C9H10N2O2. The zero-order valence-electron chi connectivity index (χ0n) is 7.33. The van der Waals surface area contributed by atoms with Crippen molar-refractivity contribution in [2.75, 3.05) is 11.9 Å². The van der Waals surface area contributed by atoms with Crippen molar-refractivity contribution in [1.29, 1.82) is 0 Å². The number of hydrogen-bond acceptors (Lipinski definition) is 3. The van der Waals surface area contributed by atoms with Crippen molar-refractivity contribution in [2.24, 2.45) is 0 Å². The molecule has 1 aliphatic rings. The van der Waals surface area contributed by atoms with Crippen molar-refractivity contribution in [3.8, 4) is 5.75 Å². The first-order chi connectivity index (χ1) is 6.29. The van der Waals surface area contributed by atoms with Crippen molar-refractivity contribution < 1.29 is 9.53 Å². The number of rotatable bonds is 1. The van der Waals surface area contributed by atoms with Gasteiger partial charge >= 0.3 is 0 Å². The minimum absolute atomic E-state index is 0.0852. The third-order valence-electron chi connectivity index (χ3n) is 1.93. The Morgan fingerprint density at radius 3 is 3.31 bits per heavy atom. The molecule has 1 amide bonds. The molecule has 0 unspecified atom stereocenters. The van der Waals surface area contributed by atoms with Crippen molar-refractivity contribution in [2.45, 2.75) is 13.3 Å². The number of carbonyl (C=O) groups is 1. The average molecular weight is 178 g/mol. The summed E-state index contributed by atoms with van der Waals surface area (Å²) in [6.07, 6.45) is 2.66. The highest BCUT2D eigenvalue weighted by Gasteiger charge is 2.16. The number of pyridine rings is 1. The van der Waals surface area contributed by atoms with Gasteiger partial charge in [0.25, 0.3) is 5.91 Å². The van der Waals surface area contributed by atoms with Crippen LogP contribution in [0, 0.1) is 0 Å². The van der Waals surface area contributed by atoms with Crippen molar-refractivity contribution in [3.05, 3.63) is 17.8 Å². The fourth-order valence-corrected chi connectivity index (χ4v) is 1.19. The van der Waals surface area contributed by atoms with Crippen LogP contribution in [0.1, 0.15) is 12.5 Å². The van der Waals surface area contributed by atoms with E-state index in [9.17, 15) is 4.79 Å². The lowest BCUT2D eigenvalue weighted by atomic mass is 10.2. The summed E-state index contributed by atoms with van der Waals surface area (Å²) in [5, 5.41) is 2.64. The van der Waals surface area contributed by atoms with Crippen LogP contribution >= 0.6 is 0 Å². The Labute approximate surface area is 75.9 Å². The maximum atomic E-state index is 10.9. The Morgan fingerprint density at radius 1 is 1.69 bits per heavy atom. The van der Waals surface area contributed by atoms with Gasteiger partial charge in [0, 0.05) is 6.20 Å². The van der Waals surface area contributed by atoms with Gasteiger partial charge in [-0.05, 0) is 18.1 Å². The molecule has 0 aliphatic carbocycles. The first-order valence-corrected chi connectivity index (χ1v) is 4.21. The third kappa shape index (κ3) is 1.47. The van der Waals surface area contributed by atoms with E-state index in [0.717, 1.165) is 12.0 Å². The van der Waals surface area contributed by atoms with Gasteiger partial charge in [-0.3, -0.25) is 4.79 Å². The number of nitrogens with zero attached hydrogens (tertiary/aromatic N) is 1. The third-order valence-corrected chi connectivity index (χ3v) is 1.93. The molecule has 0 atom stereocenters. The van der Waals surface area contributed by atoms with Crippen LogP contribution in [0.2, 0.25) is 0 Å². The summed E-state index contributed by atoms with van der Waals surface area (Å²) in [7, 11) is 0. The summed E-state index contributed by atoms with van der Waals surface area (Å²) in [5.41, 5.74) is 1.11. The predicted octanol–water partition coefficient (Wildman–Crippen LogP) is 0.975. The van der Waals surface area contributed by atoms with Crippen LogP contribution in [-0.2, 0) is 11.2 Å². The van der Waals surface area contributed by atoms with Gasteiger partial charge in [-0.1, -0.05) is 6.92 Å². The minimum Gasteiger partial charge on any atom is -0.480 e. The fraction of sp³-hybridized carbons (Fsp3) is 0.333. The normalized spacial score (nSPS) is 14.4. The molecule has 0 saturated carbocycles. The van der Waals surface area contributed by atoms with Gasteiger partial charge in [0.2, 0.25) is 0 Å². The second kappa shape index (κ2) is 3.05. The predicted molar refractivity (Wildman–Crippen MR) is 47.7 cm³/mol. The number of fused-ring (bicyclic) bond motifs is 1. The SMILES string of the molecule is CCc1cnc2c(c1)OCC(=O)N2. The number of aromatic nitrogens is 1. The molecule has 0 radical (unpaired) electrons. The number of nitrogens with one attached hydrogen (secondary N) is 1. The second-order valence-electron chi connectivity index (χ2n) is 2.88. The van der Waals surface area contributed by atoms with Crippen LogP contribution in [0.5, 0.6) is 5.75 Å². The van der Waals surface area contributed by atoms with Gasteiger partial charge in [-0.15, -0.1) is 0 Å². The standard InChI is InChI=1S/C9H10N2O2/c1-2-6-3-7-9(10-4-6)11-8(12)5-13-7/h3-4H,2,5H2,1H3,(H,10,11,12). The molecule has 0 spiro atoms. The van der Waals surface area contributed by atoms with E-state index in [1.165, 1.54) is 0 Å². The molecule has 0 bridgehead atoms. The minimum atomic E-state index is -0.149. The number of hydrogen-bond donors (Lipinski definition) is 1. The van der Waals surface area contributed by atoms with Gasteiger partial charge in [0.1, 0.15) is 0 Å². The Kier molecular flexibility index (Phi) is 1.88. The Balaban J connectivity index is 2.36. The van der Waals surface area contributed by atoms with Crippen LogP contribution in [0.3, 0.4) is 0 Å². The van der Waals surface area contributed by atoms with Crippen LogP contribution < -0.4 is 10.1 Å². The average Bonchev–Trinajstić information content (AvgIpc) is 2.17. The summed E-state index contributed by atoms with van der Waals surface area (Å²) in [4.78, 5) is 15.0. The quantitative estimate of drug-likeness (QED) is 0.697. The van der Waals surface area contributed by atoms with Crippen LogP contribution in [0.15, 0.2) is 12.3 Å². The molecule has 0 fully saturated rings. The van der Waals surface area contributed by atoms with E-state index in [-0.39, 0.29) is 12.5 Å². The molecule has 1 aromatic rings. The maximum absolute atomic E-state index is 10.9. The number of amides is 1. The van der Waals surface area contributed by atoms with Gasteiger partial charge in [0.15, 0.2) is 18.2 Å². The van der Waals surface area contributed by atoms with E-state index in [1.54, 1.807) is 6.20 Å². The Hall–Kier alpha value is -1.58. The molecule has 4 heteroatoms. The van der Waals surface area contributed by atoms with Crippen LogP contribution in [-0.4, -0.2) is 17.5 Å². The molecule has 0 saturated heterocycles. The smallest absolute Gasteiger partial charge is 0.263 e. The first-order valence-electron chi connectivity index (χ1n) is 4.21. The van der Waals surface area contributed by atoms with E-state index in [4.69, 9.17) is 4.74 Å². The Bertz CT molecular complexity index is 349. The number of anilines is 1. The lowest BCUT2D eigenvalue weighted by Crippen LogP contribution is -2.26. The highest BCUT2D eigenvalue weighted by molar-refractivity contribution is 5.94. The molecule has 13 heavy (non-hydrogen) atoms. The van der Waals surface area contributed by atoms with Crippen molar-refractivity contribution in [1.82, 2.24) is 4.98 Å². The van der Waals surface area contributed by atoms with E-state index in [1.807, 2.05) is 13.0 Å². The van der Waals surface area contributed by atoms with Gasteiger partial charge in [-0.2, -0.15) is 0 Å². The molecule has 1 aromatic heterocycles. The Morgan fingerprint density at radius 2 is 2.54 bits per heavy atom. The first kappa shape index (κ1) is 8.04. The number of carbonyl (C=O) groups excluding carboxylic acids is 1. The van der Waals surface area contributed by atoms with Gasteiger partial charge in [-0.25, -0.2) is 4.98 Å². The van der Waals surface area contributed by atoms with Crippen molar-refractivity contribution in [3.63, 3.8) is 0 Å². The molecule has 4 nitrogen and oxygen atoms in total. The summed E-state index contributed by atoms with van der Waals surface area (Å²) < 4.78 is 5.20. The lowest BCUT2D eigenvalue weighted by molar-refractivity contribution is -0.118. The summed E-state index contributed by atoms with van der Waals surface area (Å²) in [5.74, 6) is 1.04. The molecular weight excluding hydrogens is 168 g/mol. The molecule has 68 valence electrons. The summed E-state index contributed by atoms with van der Waals surface area (Å²) >= 11 is 0. The second-order valence-corrected chi connectivity index (χ2v) is 2.88. The maximum Gasteiger partial charge on any atom is 0.263 e. The molecule has 1 aliphatic heterocycles. The highest BCUT2D eigenvalue weighted by atomic mass is 16.5. The summed E-state index contributed by atoms with van der Waals surface area (Å²) in [6.45, 7) is 2.13. The highest BCUT2D eigenvalue weighted by Crippen LogP contribution is 2.25.